The van der Waals surface area contributed by atoms with Crippen LogP contribution < -0.4 is 5.32 Å². The molecule has 7 rings (SSSR count). The number of benzene rings is 3. The molecule has 3 aromatic rings. The van der Waals surface area contributed by atoms with Gasteiger partial charge in [-0.3, -0.25) is 24.0 Å². The van der Waals surface area contributed by atoms with E-state index < -0.39 is 132 Å². The second-order valence-electron chi connectivity index (χ2n) is 22.7. The van der Waals surface area contributed by atoms with Crippen molar-refractivity contribution < 1.29 is 71.9 Å². The van der Waals surface area contributed by atoms with E-state index in [0.29, 0.717) is 22.3 Å². The van der Waals surface area contributed by atoms with E-state index in [1.807, 2.05) is 39.9 Å². The number of nitrogens with one attached hydrogen (secondary N) is 1. The molecule has 1 amide bonds. The molecule has 398 valence electrons. The third-order valence-electron chi connectivity index (χ3n) is 16.7. The van der Waals surface area contributed by atoms with Gasteiger partial charge in [-0.25, -0.2) is 9.59 Å². The lowest BCUT2D eigenvalue weighted by molar-refractivity contribution is -0.346. The molecule has 1 heterocycles. The van der Waals surface area contributed by atoms with Crippen molar-refractivity contribution in [3.63, 3.8) is 0 Å². The molecule has 1 unspecified atom stereocenters. The van der Waals surface area contributed by atoms with Crippen LogP contribution >= 0.6 is 0 Å². The molecule has 17 heteroatoms. The van der Waals surface area contributed by atoms with E-state index in [2.05, 4.69) is 5.32 Å². The number of Topliss-reactive ketones (excluding diaryl/α,β-unsaturated/α-hetero) is 1. The SMILES string of the molecule is CC(=O)O[C@@]12COC1C[C@H](OC(=O)CCCC(=O)O)[C@@]1(C)C(=O)[C@H](C)C3=C(C)[C@@H](OC(=O)[C@H](O[Si](C)(C)C(C)(C)C)[C@@H](NC(=O)c4ccccc4)c4ccccc4)C[C@@](O)([C@@H](OC(=O)c4ccccc4)[C@@H]12)C3(C)C. The number of carboxylic acid groups (broad SMARTS) is 1. The number of ether oxygens (including phenoxy) is 5. The molecular weight excluding hydrogens is 967 g/mol. The van der Waals surface area contributed by atoms with Gasteiger partial charge >= 0.3 is 29.8 Å². The van der Waals surface area contributed by atoms with E-state index in [0.717, 1.165) is 0 Å². The van der Waals surface area contributed by atoms with Gasteiger partial charge in [0.25, 0.3) is 5.91 Å². The molecule has 0 spiro atoms. The van der Waals surface area contributed by atoms with Crippen molar-refractivity contribution >= 4 is 49.9 Å². The summed E-state index contributed by atoms with van der Waals surface area (Å²) in [7, 11) is -2.92. The fraction of sp³-hybridized carbons (Fsp3) is 0.526. The number of rotatable bonds is 16. The van der Waals surface area contributed by atoms with Gasteiger partial charge in [0.15, 0.2) is 20.0 Å². The molecule has 2 bridgehead atoms. The number of ketones is 1. The molecule has 1 aliphatic heterocycles. The number of hydrogen-bond donors (Lipinski definition) is 3. The highest BCUT2D eigenvalue weighted by Gasteiger charge is 2.78. The summed E-state index contributed by atoms with van der Waals surface area (Å²) in [4.78, 5) is 98.9. The Bertz CT molecular complexity index is 2670. The molecule has 74 heavy (non-hydrogen) atoms. The van der Waals surface area contributed by atoms with Gasteiger partial charge in [-0.1, -0.05) is 108 Å². The number of amides is 1. The van der Waals surface area contributed by atoms with E-state index in [1.165, 1.54) is 19.1 Å². The van der Waals surface area contributed by atoms with Crippen LogP contribution in [0.2, 0.25) is 18.1 Å². The Morgan fingerprint density at radius 2 is 1.43 bits per heavy atom. The number of aliphatic hydroxyl groups is 1. The number of aliphatic carboxylic acids is 1. The molecule has 16 nitrogen and oxygen atoms in total. The van der Waals surface area contributed by atoms with Gasteiger partial charge in [0.05, 0.1) is 29.5 Å². The van der Waals surface area contributed by atoms with Gasteiger partial charge in [-0.15, -0.1) is 0 Å². The number of carboxylic acids is 1. The summed E-state index contributed by atoms with van der Waals surface area (Å²) in [5, 5.41) is 26.1. The molecule has 0 aromatic heterocycles. The van der Waals surface area contributed by atoms with Crippen LogP contribution in [0.1, 0.15) is 127 Å². The first-order chi connectivity index (χ1) is 34.6. The quantitative estimate of drug-likeness (QED) is 0.0531. The fourth-order valence-electron chi connectivity index (χ4n) is 11.8. The van der Waals surface area contributed by atoms with Crippen molar-refractivity contribution in [1.82, 2.24) is 5.32 Å². The molecule has 2 saturated carbocycles. The molecule has 1 saturated heterocycles. The van der Waals surface area contributed by atoms with Crippen LogP contribution in [0.5, 0.6) is 0 Å². The highest BCUT2D eigenvalue weighted by Crippen LogP contribution is 2.65. The number of carbonyl (C=O) groups excluding carboxylic acids is 6. The third kappa shape index (κ3) is 10.2. The Morgan fingerprint density at radius 3 is 1.97 bits per heavy atom. The average molecular weight is 1040 g/mol. The summed E-state index contributed by atoms with van der Waals surface area (Å²) >= 11 is 0. The summed E-state index contributed by atoms with van der Waals surface area (Å²) in [6, 6.07) is 24.4. The molecule has 4 aliphatic rings. The van der Waals surface area contributed by atoms with Gasteiger partial charge in [-0.05, 0) is 79.4 Å². The first-order valence-electron chi connectivity index (χ1n) is 25.4. The molecule has 11 atom stereocenters. The van der Waals surface area contributed by atoms with E-state index in [4.69, 9.17) is 28.1 Å². The van der Waals surface area contributed by atoms with Crippen LogP contribution in [0.25, 0.3) is 0 Å². The maximum absolute atomic E-state index is 16.1. The van der Waals surface area contributed by atoms with E-state index in [9.17, 15) is 34.2 Å². The normalized spacial score (nSPS) is 29.1. The second kappa shape index (κ2) is 21.0. The Kier molecular flexibility index (Phi) is 15.8. The summed E-state index contributed by atoms with van der Waals surface area (Å²) < 4.78 is 39.0. The summed E-state index contributed by atoms with van der Waals surface area (Å²) in [6.07, 6.45) is -8.13. The molecule has 0 radical (unpaired) electrons. The third-order valence-corrected chi connectivity index (χ3v) is 21.2. The zero-order chi connectivity index (χ0) is 54.3. The van der Waals surface area contributed by atoms with Crippen molar-refractivity contribution in [2.45, 2.75) is 160 Å². The van der Waals surface area contributed by atoms with Crippen molar-refractivity contribution in [3.8, 4) is 0 Å². The molecular formula is C57H71NO15Si. The fourth-order valence-corrected chi connectivity index (χ4v) is 13.0. The number of carbonyl (C=O) groups is 7. The van der Waals surface area contributed by atoms with Crippen molar-refractivity contribution in [2.24, 2.45) is 22.7 Å². The van der Waals surface area contributed by atoms with Crippen LogP contribution in [0, 0.1) is 22.7 Å². The number of hydrogen-bond acceptors (Lipinski definition) is 14. The predicted octanol–water partition coefficient (Wildman–Crippen LogP) is 8.28. The Labute approximate surface area is 434 Å². The zero-order valence-electron chi connectivity index (χ0n) is 44.2. The monoisotopic (exact) mass is 1040 g/mol. The van der Waals surface area contributed by atoms with Crippen LogP contribution in [0.15, 0.2) is 102 Å². The molecule has 3 fully saturated rings. The number of fused-ring (bicyclic) bond motifs is 5. The van der Waals surface area contributed by atoms with Crippen molar-refractivity contribution in [2.75, 3.05) is 6.61 Å². The minimum absolute atomic E-state index is 0.0482. The lowest BCUT2D eigenvalue weighted by atomic mass is 9.43. The number of esters is 4. The summed E-state index contributed by atoms with van der Waals surface area (Å²) in [5.74, 6) is -7.99. The Hall–Kier alpha value is -6.01. The molecule has 3 N–H and O–H groups in total. The molecule has 3 aromatic carbocycles. The Balaban J connectivity index is 1.42. The summed E-state index contributed by atoms with van der Waals surface area (Å²) in [6.45, 7) is 19.3. The lowest BCUT2D eigenvalue weighted by Crippen LogP contribution is -2.81. The topological polar surface area (TPSA) is 227 Å². The van der Waals surface area contributed by atoms with Crippen LogP contribution in [0.3, 0.4) is 0 Å². The second-order valence-corrected chi connectivity index (χ2v) is 27.4. The van der Waals surface area contributed by atoms with E-state index in [1.54, 1.807) is 107 Å². The first-order valence-corrected chi connectivity index (χ1v) is 28.3. The highest BCUT2D eigenvalue weighted by molar-refractivity contribution is 6.74. The molecule has 3 aliphatic carbocycles. The lowest BCUT2D eigenvalue weighted by Gasteiger charge is -2.67. The minimum Gasteiger partial charge on any atom is -0.481 e. The first kappa shape index (κ1) is 55.7. The summed E-state index contributed by atoms with van der Waals surface area (Å²) in [5.41, 5.74) is -5.59. The maximum Gasteiger partial charge on any atom is 0.338 e. The zero-order valence-corrected chi connectivity index (χ0v) is 45.2. The average Bonchev–Trinajstić information content (AvgIpc) is 3.33. The van der Waals surface area contributed by atoms with Crippen LogP contribution in [0.4, 0.5) is 0 Å². The van der Waals surface area contributed by atoms with E-state index >= 15 is 9.59 Å². The van der Waals surface area contributed by atoms with Crippen molar-refractivity contribution in [3.05, 3.63) is 119 Å². The highest BCUT2D eigenvalue weighted by atomic mass is 28.4. The standard InChI is InChI=1S/C57H71NO15Si/c1-33-39(69-52(66)46(73-74(10,11)53(4,5)6)45(36-22-15-12-16-23-36)58-50(64)37-24-17-13-18-25-37)31-57(67)49(71-51(65)38-26-19-14-20-27-38)47-55(9,48(63)34(2)44(33)54(57,7)8)40(70-43(62)29-21-28-42(60)61)30-41-56(47,32-68-41)72-35(3)59/h12-20,22-27,34,39-41,45-47,49,67H,21,28-32H2,1-11H3,(H,58,64)(H,60,61)/t34-,39+,40+,41?,45+,46-,47+,49+,55-,56+,57-/m1/s1. The van der Waals surface area contributed by atoms with Gasteiger partial charge in [0, 0.05) is 49.5 Å². The van der Waals surface area contributed by atoms with Gasteiger partial charge in [-0.2, -0.15) is 0 Å². The van der Waals surface area contributed by atoms with Gasteiger partial charge in [0.1, 0.15) is 35.8 Å². The van der Waals surface area contributed by atoms with Crippen LogP contribution in [-0.4, -0.2) is 108 Å². The van der Waals surface area contributed by atoms with Crippen molar-refractivity contribution in [1.29, 1.82) is 0 Å². The smallest absolute Gasteiger partial charge is 0.338 e. The van der Waals surface area contributed by atoms with E-state index in [-0.39, 0.29) is 37.9 Å². The van der Waals surface area contributed by atoms with Crippen LogP contribution in [-0.2, 0) is 52.1 Å². The van der Waals surface area contributed by atoms with Gasteiger partial charge < -0.3 is 43.6 Å². The Morgan fingerprint density at radius 1 is 0.851 bits per heavy atom. The largest absolute Gasteiger partial charge is 0.481 e. The minimum atomic E-state index is -2.92. The van der Waals surface area contributed by atoms with Gasteiger partial charge in [0.2, 0.25) is 0 Å². The predicted molar refractivity (Wildman–Crippen MR) is 273 cm³/mol. The maximum atomic E-state index is 16.1.